The molecule has 21 heavy (non-hydrogen) atoms. The molecule has 0 saturated carbocycles. The maximum atomic E-state index is 13.0. The highest BCUT2D eigenvalue weighted by Gasteiger charge is 2.09. The van der Waals surface area contributed by atoms with Crippen LogP contribution in [0.15, 0.2) is 18.2 Å². The van der Waals surface area contributed by atoms with E-state index in [1.54, 1.807) is 0 Å². The lowest BCUT2D eigenvalue weighted by atomic mass is 10.1. The number of aliphatic carboxylic acids is 1. The van der Waals surface area contributed by atoms with E-state index in [1.807, 2.05) is 6.92 Å². The number of carbonyl (C=O) groups is 2. The number of halogens is 2. The van der Waals surface area contributed by atoms with Crippen molar-refractivity contribution in [3.63, 3.8) is 0 Å². The number of aryl methyl sites for hydroxylation is 1. The maximum Gasteiger partial charge on any atom is 0.303 e. The van der Waals surface area contributed by atoms with Crippen molar-refractivity contribution in [3.8, 4) is 0 Å². The maximum absolute atomic E-state index is 13.0. The number of benzene rings is 1. The number of carboxylic acid groups (broad SMARTS) is 1. The molecule has 0 fully saturated rings. The van der Waals surface area contributed by atoms with E-state index in [4.69, 9.17) is 5.11 Å². The van der Waals surface area contributed by atoms with Crippen molar-refractivity contribution in [2.75, 3.05) is 6.54 Å². The van der Waals surface area contributed by atoms with Crippen molar-refractivity contribution in [2.24, 2.45) is 5.92 Å². The summed E-state index contributed by atoms with van der Waals surface area (Å²) in [5.74, 6) is -2.80. The van der Waals surface area contributed by atoms with Gasteiger partial charge in [-0.15, -0.1) is 0 Å². The molecular formula is C15H19F2NO3. The third-order valence-corrected chi connectivity index (χ3v) is 3.12. The molecule has 1 rings (SSSR count). The first kappa shape index (κ1) is 17.1. The summed E-state index contributed by atoms with van der Waals surface area (Å²) < 4.78 is 25.7. The molecule has 6 heteroatoms. The largest absolute Gasteiger partial charge is 0.481 e. The molecule has 1 atom stereocenters. The molecule has 0 spiro atoms. The Kier molecular flexibility index (Phi) is 6.78. The molecular weight excluding hydrogens is 280 g/mol. The molecule has 0 bridgehead atoms. The van der Waals surface area contributed by atoms with Gasteiger partial charge in [0.2, 0.25) is 5.91 Å². The van der Waals surface area contributed by atoms with Crippen LogP contribution in [0.1, 0.15) is 31.7 Å². The van der Waals surface area contributed by atoms with Crippen molar-refractivity contribution >= 4 is 11.9 Å². The quantitative estimate of drug-likeness (QED) is 0.775. The Morgan fingerprint density at radius 2 is 1.95 bits per heavy atom. The first-order valence-corrected chi connectivity index (χ1v) is 6.81. The molecule has 1 unspecified atom stereocenters. The van der Waals surface area contributed by atoms with Crippen LogP contribution >= 0.6 is 0 Å². The van der Waals surface area contributed by atoms with Gasteiger partial charge in [-0.25, -0.2) is 8.78 Å². The third-order valence-electron chi connectivity index (χ3n) is 3.12. The normalized spacial score (nSPS) is 12.0. The van der Waals surface area contributed by atoms with Crippen molar-refractivity contribution < 1.29 is 23.5 Å². The zero-order valence-electron chi connectivity index (χ0n) is 11.9. The summed E-state index contributed by atoms with van der Waals surface area (Å²) >= 11 is 0. The van der Waals surface area contributed by atoms with E-state index >= 15 is 0 Å². The summed E-state index contributed by atoms with van der Waals surface area (Å²) in [5.41, 5.74) is 0.558. The second-order valence-electron chi connectivity index (χ2n) is 5.09. The number of nitrogens with one attached hydrogen (secondary N) is 1. The smallest absolute Gasteiger partial charge is 0.303 e. The van der Waals surface area contributed by atoms with Crippen molar-refractivity contribution in [1.29, 1.82) is 0 Å². The summed E-state index contributed by atoms with van der Waals surface area (Å²) in [6.07, 6.45) is 1.08. The van der Waals surface area contributed by atoms with Gasteiger partial charge in [0.05, 0.1) is 0 Å². The standard InChI is InChI=1S/C15H19F2NO3/c1-10(2-7-15(20)21)9-18-14(19)6-4-11-3-5-12(16)13(17)8-11/h3,5,8,10H,2,4,6-7,9H2,1H3,(H,18,19)(H,20,21). The Balaban J connectivity index is 2.27. The molecule has 0 saturated heterocycles. The Morgan fingerprint density at radius 1 is 1.24 bits per heavy atom. The highest BCUT2D eigenvalue weighted by molar-refractivity contribution is 5.76. The van der Waals surface area contributed by atoms with Crippen LogP contribution in [0.5, 0.6) is 0 Å². The molecule has 4 nitrogen and oxygen atoms in total. The molecule has 0 aliphatic heterocycles. The molecule has 1 aromatic carbocycles. The zero-order chi connectivity index (χ0) is 15.8. The van der Waals surface area contributed by atoms with E-state index in [9.17, 15) is 18.4 Å². The van der Waals surface area contributed by atoms with Crippen LogP contribution in [0, 0.1) is 17.6 Å². The van der Waals surface area contributed by atoms with Gasteiger partial charge in [0, 0.05) is 19.4 Å². The van der Waals surface area contributed by atoms with E-state index in [2.05, 4.69) is 5.32 Å². The minimum Gasteiger partial charge on any atom is -0.481 e. The third kappa shape index (κ3) is 6.83. The van der Waals surface area contributed by atoms with Crippen LogP contribution in [0.25, 0.3) is 0 Å². The predicted molar refractivity (Wildman–Crippen MR) is 73.7 cm³/mol. The SMILES string of the molecule is CC(CCC(=O)O)CNC(=O)CCc1ccc(F)c(F)c1. The van der Waals surface area contributed by atoms with Gasteiger partial charge in [0.25, 0.3) is 0 Å². The fraction of sp³-hybridized carbons (Fsp3) is 0.467. The topological polar surface area (TPSA) is 66.4 Å². The summed E-state index contributed by atoms with van der Waals surface area (Å²) in [6.45, 7) is 2.27. The van der Waals surface area contributed by atoms with Crippen LogP contribution in [-0.4, -0.2) is 23.5 Å². The molecule has 0 aliphatic carbocycles. The molecule has 0 radical (unpaired) electrons. The number of rotatable bonds is 8. The number of carboxylic acids is 1. The number of amides is 1. The average molecular weight is 299 g/mol. The Bertz CT molecular complexity index is 506. The van der Waals surface area contributed by atoms with Gasteiger partial charge in [-0.1, -0.05) is 13.0 Å². The lowest BCUT2D eigenvalue weighted by Gasteiger charge is -2.11. The van der Waals surface area contributed by atoms with Crippen molar-refractivity contribution in [1.82, 2.24) is 5.32 Å². The van der Waals surface area contributed by atoms with E-state index in [0.29, 0.717) is 24.9 Å². The van der Waals surface area contributed by atoms with Gasteiger partial charge in [-0.05, 0) is 36.5 Å². The lowest BCUT2D eigenvalue weighted by Crippen LogP contribution is -2.28. The average Bonchev–Trinajstić information content (AvgIpc) is 2.44. The molecule has 0 heterocycles. The first-order chi connectivity index (χ1) is 9.88. The molecule has 1 amide bonds. The zero-order valence-corrected chi connectivity index (χ0v) is 11.9. The molecule has 0 aliphatic rings. The number of hydrogen-bond acceptors (Lipinski definition) is 2. The monoisotopic (exact) mass is 299 g/mol. The van der Waals surface area contributed by atoms with Gasteiger partial charge in [-0.2, -0.15) is 0 Å². The highest BCUT2D eigenvalue weighted by atomic mass is 19.2. The second-order valence-corrected chi connectivity index (χ2v) is 5.09. The van der Waals surface area contributed by atoms with Crippen LogP contribution in [0.3, 0.4) is 0 Å². The van der Waals surface area contributed by atoms with Crippen LogP contribution in [0.2, 0.25) is 0 Å². The minimum atomic E-state index is -0.921. The fourth-order valence-electron chi connectivity index (χ4n) is 1.80. The van der Waals surface area contributed by atoms with Crippen LogP contribution in [-0.2, 0) is 16.0 Å². The van der Waals surface area contributed by atoms with Crippen LogP contribution in [0.4, 0.5) is 8.78 Å². The van der Waals surface area contributed by atoms with E-state index < -0.39 is 17.6 Å². The van der Waals surface area contributed by atoms with Gasteiger partial charge >= 0.3 is 5.97 Å². The molecule has 2 N–H and O–H groups in total. The minimum absolute atomic E-state index is 0.0753. The predicted octanol–water partition coefficient (Wildman–Crippen LogP) is 2.51. The van der Waals surface area contributed by atoms with Gasteiger partial charge in [-0.3, -0.25) is 9.59 Å². The Hall–Kier alpha value is -1.98. The second kappa shape index (κ2) is 8.34. The number of hydrogen-bond donors (Lipinski definition) is 2. The van der Waals surface area contributed by atoms with E-state index in [-0.39, 0.29) is 24.7 Å². The number of carbonyl (C=O) groups excluding carboxylic acids is 1. The summed E-state index contributed by atoms with van der Waals surface area (Å²) in [7, 11) is 0. The van der Waals surface area contributed by atoms with Crippen LogP contribution < -0.4 is 5.32 Å². The molecule has 1 aromatic rings. The summed E-state index contributed by atoms with van der Waals surface area (Å²) in [4.78, 5) is 22.0. The Labute approximate surface area is 122 Å². The van der Waals surface area contributed by atoms with E-state index in [0.717, 1.165) is 12.1 Å². The molecule has 116 valence electrons. The molecule has 0 aromatic heterocycles. The summed E-state index contributed by atoms with van der Waals surface area (Å²) in [5, 5.41) is 11.3. The van der Waals surface area contributed by atoms with Gasteiger partial charge in [0.1, 0.15) is 0 Å². The highest BCUT2D eigenvalue weighted by Crippen LogP contribution is 2.10. The van der Waals surface area contributed by atoms with Gasteiger partial charge < -0.3 is 10.4 Å². The van der Waals surface area contributed by atoms with Gasteiger partial charge in [0.15, 0.2) is 11.6 Å². The fourth-order valence-corrected chi connectivity index (χ4v) is 1.80. The first-order valence-electron chi connectivity index (χ1n) is 6.81. The van der Waals surface area contributed by atoms with Crippen molar-refractivity contribution in [2.45, 2.75) is 32.6 Å². The Morgan fingerprint density at radius 3 is 2.57 bits per heavy atom. The van der Waals surface area contributed by atoms with E-state index in [1.165, 1.54) is 6.07 Å². The van der Waals surface area contributed by atoms with Crippen molar-refractivity contribution in [3.05, 3.63) is 35.4 Å². The summed E-state index contributed by atoms with van der Waals surface area (Å²) in [6, 6.07) is 3.57. The lowest BCUT2D eigenvalue weighted by molar-refractivity contribution is -0.137.